The van der Waals surface area contributed by atoms with Gasteiger partial charge in [-0.25, -0.2) is 4.90 Å². The van der Waals surface area contributed by atoms with Gasteiger partial charge in [-0.3, -0.25) is 9.59 Å². The molecular weight excluding hydrogens is 434 g/mol. The lowest BCUT2D eigenvalue weighted by atomic mass is 10.0. The van der Waals surface area contributed by atoms with Crippen LogP contribution in [0.25, 0.3) is 5.57 Å². The minimum atomic E-state index is -0.340. The summed E-state index contributed by atoms with van der Waals surface area (Å²) in [6.07, 6.45) is 3.67. The van der Waals surface area contributed by atoms with E-state index in [0.717, 1.165) is 30.0 Å². The van der Waals surface area contributed by atoms with Gasteiger partial charge in [0, 0.05) is 24.5 Å². The highest BCUT2D eigenvalue weighted by molar-refractivity contribution is 6.46. The molecule has 5 heteroatoms. The molecular formula is C30H31N3O2. The lowest BCUT2D eigenvalue weighted by Gasteiger charge is -2.29. The van der Waals surface area contributed by atoms with Crippen molar-refractivity contribution < 1.29 is 9.59 Å². The molecule has 35 heavy (non-hydrogen) atoms. The standard InChI is InChI=1S/C30H31N3O2/c1-21(2)22-11-13-24(14-12-22)31-28-27(23-9-5-3-6-10-23)29(34)33(30(28)35)26-17-15-25(16-18-26)32-19-7-4-8-20-32/h3,5-6,9-18,21,31H,4,7-8,19-20H2,1-2H3. The van der Waals surface area contributed by atoms with E-state index in [0.29, 0.717) is 22.9 Å². The Kier molecular flexibility index (Phi) is 6.41. The van der Waals surface area contributed by atoms with Crippen LogP contribution in [0.1, 0.15) is 50.2 Å². The number of benzene rings is 3. The summed E-state index contributed by atoms with van der Waals surface area (Å²) in [5, 5.41) is 3.26. The van der Waals surface area contributed by atoms with Gasteiger partial charge in [0.25, 0.3) is 11.8 Å². The van der Waals surface area contributed by atoms with Crippen LogP contribution in [0.15, 0.2) is 84.6 Å². The number of piperidine rings is 1. The van der Waals surface area contributed by atoms with E-state index in [2.05, 4.69) is 24.1 Å². The van der Waals surface area contributed by atoms with Gasteiger partial charge >= 0.3 is 0 Å². The molecule has 0 radical (unpaired) electrons. The van der Waals surface area contributed by atoms with Crippen molar-refractivity contribution in [1.29, 1.82) is 0 Å². The van der Waals surface area contributed by atoms with Crippen LogP contribution in [0.4, 0.5) is 17.1 Å². The lowest BCUT2D eigenvalue weighted by molar-refractivity contribution is -0.120. The van der Waals surface area contributed by atoms with E-state index >= 15 is 0 Å². The molecule has 0 atom stereocenters. The Morgan fingerprint density at radius 1 is 0.714 bits per heavy atom. The second kappa shape index (κ2) is 9.79. The lowest BCUT2D eigenvalue weighted by Crippen LogP contribution is -2.32. The Labute approximate surface area is 207 Å². The van der Waals surface area contributed by atoms with E-state index in [1.54, 1.807) is 0 Å². The smallest absolute Gasteiger partial charge is 0.282 e. The van der Waals surface area contributed by atoms with Crippen molar-refractivity contribution in [2.24, 2.45) is 0 Å². The first kappa shape index (κ1) is 22.9. The molecule has 0 spiro atoms. The van der Waals surface area contributed by atoms with Crippen LogP contribution in [-0.2, 0) is 9.59 Å². The van der Waals surface area contributed by atoms with Crippen molar-refractivity contribution in [2.45, 2.75) is 39.0 Å². The van der Waals surface area contributed by atoms with E-state index in [1.165, 1.54) is 29.7 Å². The molecule has 2 aliphatic rings. The minimum absolute atomic E-state index is 0.304. The number of nitrogens with zero attached hydrogens (tertiary/aromatic N) is 2. The third kappa shape index (κ3) is 4.59. The summed E-state index contributed by atoms with van der Waals surface area (Å²) >= 11 is 0. The molecule has 0 aromatic heterocycles. The SMILES string of the molecule is CC(C)c1ccc(NC2=C(c3ccccc3)C(=O)N(c3ccc(N4CCCCC4)cc3)C2=O)cc1. The summed E-state index contributed by atoms with van der Waals surface area (Å²) in [6.45, 7) is 6.38. The molecule has 2 aliphatic heterocycles. The number of amides is 2. The molecule has 3 aromatic rings. The van der Waals surface area contributed by atoms with Gasteiger partial charge < -0.3 is 10.2 Å². The van der Waals surface area contributed by atoms with Crippen molar-refractivity contribution in [3.05, 3.63) is 95.7 Å². The monoisotopic (exact) mass is 465 g/mol. The number of hydrogen-bond acceptors (Lipinski definition) is 4. The van der Waals surface area contributed by atoms with Crippen molar-refractivity contribution in [2.75, 3.05) is 28.2 Å². The fraction of sp³-hybridized carbons (Fsp3) is 0.267. The maximum atomic E-state index is 13.6. The average molecular weight is 466 g/mol. The number of carbonyl (C=O) groups excluding carboxylic acids is 2. The van der Waals surface area contributed by atoms with Gasteiger partial charge in [-0.15, -0.1) is 0 Å². The maximum Gasteiger partial charge on any atom is 0.282 e. The Morgan fingerprint density at radius 2 is 1.34 bits per heavy atom. The van der Waals surface area contributed by atoms with Gasteiger partial charge in [0.2, 0.25) is 0 Å². The van der Waals surface area contributed by atoms with Gasteiger partial charge in [-0.05, 0) is 72.7 Å². The van der Waals surface area contributed by atoms with E-state index in [1.807, 2.05) is 78.9 Å². The number of carbonyl (C=O) groups is 2. The maximum absolute atomic E-state index is 13.6. The van der Waals surface area contributed by atoms with E-state index in [-0.39, 0.29) is 11.8 Å². The summed E-state index contributed by atoms with van der Waals surface area (Å²) in [7, 11) is 0. The summed E-state index contributed by atoms with van der Waals surface area (Å²) in [5.41, 5.74) is 5.13. The van der Waals surface area contributed by atoms with Crippen LogP contribution in [-0.4, -0.2) is 24.9 Å². The zero-order valence-corrected chi connectivity index (χ0v) is 20.3. The van der Waals surface area contributed by atoms with Crippen molar-refractivity contribution >= 4 is 34.4 Å². The number of nitrogens with one attached hydrogen (secondary N) is 1. The second-order valence-electron chi connectivity index (χ2n) is 9.53. The summed E-state index contributed by atoms with van der Waals surface area (Å²) in [5.74, 6) is -0.234. The van der Waals surface area contributed by atoms with Gasteiger partial charge in [-0.2, -0.15) is 0 Å². The normalized spacial score (nSPS) is 16.4. The largest absolute Gasteiger partial charge is 0.372 e. The molecule has 0 aliphatic carbocycles. The Hall–Kier alpha value is -3.86. The topological polar surface area (TPSA) is 52.7 Å². The van der Waals surface area contributed by atoms with E-state index in [4.69, 9.17) is 0 Å². The number of rotatable bonds is 6. The van der Waals surface area contributed by atoms with Gasteiger partial charge in [0.05, 0.1) is 11.3 Å². The molecule has 5 nitrogen and oxygen atoms in total. The number of hydrogen-bond donors (Lipinski definition) is 1. The van der Waals surface area contributed by atoms with E-state index in [9.17, 15) is 9.59 Å². The zero-order valence-electron chi connectivity index (χ0n) is 20.3. The first-order valence-electron chi connectivity index (χ1n) is 12.4. The fourth-order valence-corrected chi connectivity index (χ4v) is 4.81. The molecule has 0 saturated carbocycles. The van der Waals surface area contributed by atoms with Crippen LogP contribution >= 0.6 is 0 Å². The van der Waals surface area contributed by atoms with Gasteiger partial charge in [0.15, 0.2) is 0 Å². The second-order valence-corrected chi connectivity index (χ2v) is 9.53. The molecule has 0 unspecified atom stereocenters. The zero-order chi connectivity index (χ0) is 24.4. The molecule has 1 saturated heterocycles. The van der Waals surface area contributed by atoms with Gasteiger partial charge in [0.1, 0.15) is 5.70 Å². The van der Waals surface area contributed by atoms with Crippen LogP contribution in [0, 0.1) is 0 Å². The van der Waals surface area contributed by atoms with Crippen LogP contribution < -0.4 is 15.1 Å². The summed E-state index contributed by atoms with van der Waals surface area (Å²) < 4.78 is 0. The minimum Gasteiger partial charge on any atom is -0.372 e. The summed E-state index contributed by atoms with van der Waals surface area (Å²) in [4.78, 5) is 30.9. The van der Waals surface area contributed by atoms with Crippen LogP contribution in [0.2, 0.25) is 0 Å². The van der Waals surface area contributed by atoms with Crippen molar-refractivity contribution in [3.8, 4) is 0 Å². The number of imide groups is 1. The molecule has 1 N–H and O–H groups in total. The Morgan fingerprint density at radius 3 is 1.97 bits per heavy atom. The van der Waals surface area contributed by atoms with E-state index < -0.39 is 0 Å². The Balaban J connectivity index is 1.47. The first-order chi connectivity index (χ1) is 17.0. The van der Waals surface area contributed by atoms with Gasteiger partial charge in [-0.1, -0.05) is 56.3 Å². The molecule has 5 rings (SSSR count). The third-order valence-corrected chi connectivity index (χ3v) is 6.82. The van der Waals surface area contributed by atoms with Crippen LogP contribution in [0.5, 0.6) is 0 Å². The van der Waals surface area contributed by atoms with Crippen molar-refractivity contribution in [3.63, 3.8) is 0 Å². The molecule has 0 bridgehead atoms. The highest BCUT2D eigenvalue weighted by atomic mass is 16.2. The highest BCUT2D eigenvalue weighted by Gasteiger charge is 2.40. The number of anilines is 3. The highest BCUT2D eigenvalue weighted by Crippen LogP contribution is 2.35. The predicted molar refractivity (Wildman–Crippen MR) is 143 cm³/mol. The quantitative estimate of drug-likeness (QED) is 0.441. The molecule has 1 fully saturated rings. The predicted octanol–water partition coefficient (Wildman–Crippen LogP) is 6.20. The third-order valence-electron chi connectivity index (χ3n) is 6.82. The van der Waals surface area contributed by atoms with Crippen LogP contribution in [0.3, 0.4) is 0 Å². The molecule has 178 valence electrons. The molecule has 2 amide bonds. The molecule has 3 aromatic carbocycles. The van der Waals surface area contributed by atoms with Crippen molar-refractivity contribution in [1.82, 2.24) is 0 Å². The Bertz CT molecular complexity index is 1240. The molecule has 2 heterocycles. The first-order valence-corrected chi connectivity index (χ1v) is 12.4. The fourth-order valence-electron chi connectivity index (χ4n) is 4.81. The average Bonchev–Trinajstić information content (AvgIpc) is 3.14. The summed E-state index contributed by atoms with van der Waals surface area (Å²) in [6, 6.07) is 25.2.